The van der Waals surface area contributed by atoms with Crippen molar-refractivity contribution < 1.29 is 5.11 Å². The zero-order chi connectivity index (χ0) is 15.9. The summed E-state index contributed by atoms with van der Waals surface area (Å²) < 4.78 is 0. The van der Waals surface area contributed by atoms with Gasteiger partial charge in [-0.05, 0) is 25.7 Å². The molecule has 1 unspecified atom stereocenters. The molecule has 1 heterocycles. The molecule has 1 atom stereocenters. The molecule has 0 spiro atoms. The summed E-state index contributed by atoms with van der Waals surface area (Å²) >= 11 is 0. The van der Waals surface area contributed by atoms with Gasteiger partial charge in [-0.1, -0.05) is 57.4 Å². The average Bonchev–Trinajstić information content (AvgIpc) is 2.96. The smallest absolute Gasteiger partial charge is 0.0982 e. The van der Waals surface area contributed by atoms with Crippen LogP contribution >= 0.6 is 0 Å². The highest BCUT2D eigenvalue weighted by molar-refractivity contribution is 4.93. The first kappa shape index (κ1) is 19.1. The number of nitrogens with one attached hydrogen (secondary N) is 1. The van der Waals surface area contributed by atoms with Gasteiger partial charge < -0.3 is 15.3 Å². The molecule has 1 rings (SSSR count). The summed E-state index contributed by atoms with van der Waals surface area (Å²) in [7, 11) is 0. The maximum absolute atomic E-state index is 9.01. The number of aliphatic hydroxyl groups excluding tert-OH is 1. The highest BCUT2D eigenvalue weighted by Crippen LogP contribution is 2.15. The summed E-state index contributed by atoms with van der Waals surface area (Å²) in [5.41, 5.74) is 0. The number of hydrogen-bond donors (Lipinski definition) is 2. The van der Waals surface area contributed by atoms with Crippen molar-refractivity contribution >= 4 is 0 Å². The Balaban J connectivity index is 1.81. The van der Waals surface area contributed by atoms with E-state index in [1.165, 1.54) is 77.0 Å². The van der Waals surface area contributed by atoms with E-state index in [2.05, 4.69) is 23.0 Å². The molecule has 0 aromatic rings. The molecule has 0 saturated carbocycles. The second-order valence-electron chi connectivity index (χ2n) is 6.36. The van der Waals surface area contributed by atoms with Crippen LogP contribution in [0.2, 0.25) is 0 Å². The molecule has 0 fully saturated rings. The van der Waals surface area contributed by atoms with Crippen LogP contribution in [0, 0.1) is 0 Å². The standard InChI is InChI=1S/C19H36N2O/c1-2-3-4-5-6-7-8-9-10-11-12-13-14-19-20-15-16-21(19)17-18-22/h2,15-16,19-20,22H,1,3-14,17-18H2. The van der Waals surface area contributed by atoms with Crippen molar-refractivity contribution in [1.29, 1.82) is 0 Å². The lowest BCUT2D eigenvalue weighted by atomic mass is 10.0. The summed E-state index contributed by atoms with van der Waals surface area (Å²) in [4.78, 5) is 2.20. The summed E-state index contributed by atoms with van der Waals surface area (Å²) in [5, 5.41) is 12.4. The number of allylic oxidation sites excluding steroid dienone is 1. The molecule has 3 nitrogen and oxygen atoms in total. The van der Waals surface area contributed by atoms with E-state index in [4.69, 9.17) is 5.11 Å². The molecule has 3 heteroatoms. The van der Waals surface area contributed by atoms with Gasteiger partial charge in [0.2, 0.25) is 0 Å². The Morgan fingerprint density at radius 1 is 0.955 bits per heavy atom. The Morgan fingerprint density at radius 2 is 1.55 bits per heavy atom. The summed E-state index contributed by atoms with van der Waals surface area (Å²) in [6, 6.07) is 0. The van der Waals surface area contributed by atoms with Crippen LogP contribution in [0.4, 0.5) is 0 Å². The zero-order valence-electron chi connectivity index (χ0n) is 14.3. The van der Waals surface area contributed by atoms with Crippen molar-refractivity contribution in [2.24, 2.45) is 0 Å². The molecule has 0 saturated heterocycles. The largest absolute Gasteiger partial charge is 0.395 e. The van der Waals surface area contributed by atoms with Gasteiger partial charge in [0.25, 0.3) is 0 Å². The van der Waals surface area contributed by atoms with Gasteiger partial charge in [-0.15, -0.1) is 6.58 Å². The topological polar surface area (TPSA) is 35.5 Å². The molecule has 2 N–H and O–H groups in total. The van der Waals surface area contributed by atoms with Crippen LogP contribution in [0.1, 0.15) is 77.0 Å². The average molecular weight is 309 g/mol. The van der Waals surface area contributed by atoms with Gasteiger partial charge in [0.15, 0.2) is 0 Å². The molecular formula is C19H36N2O. The predicted molar refractivity (Wildman–Crippen MR) is 95.5 cm³/mol. The maximum Gasteiger partial charge on any atom is 0.0982 e. The van der Waals surface area contributed by atoms with Crippen molar-refractivity contribution in [3.63, 3.8) is 0 Å². The van der Waals surface area contributed by atoms with Crippen LogP contribution < -0.4 is 5.32 Å². The van der Waals surface area contributed by atoms with Gasteiger partial charge in [0.05, 0.1) is 12.8 Å². The highest BCUT2D eigenvalue weighted by atomic mass is 16.3. The minimum atomic E-state index is 0.232. The Kier molecular flexibility index (Phi) is 11.9. The minimum absolute atomic E-state index is 0.232. The van der Waals surface area contributed by atoms with Crippen LogP contribution in [0.25, 0.3) is 0 Å². The Labute approximate surface area is 137 Å². The first-order valence-electron chi connectivity index (χ1n) is 9.28. The second kappa shape index (κ2) is 13.7. The third-order valence-electron chi connectivity index (χ3n) is 4.45. The van der Waals surface area contributed by atoms with E-state index >= 15 is 0 Å². The lowest BCUT2D eigenvalue weighted by Crippen LogP contribution is -2.36. The van der Waals surface area contributed by atoms with E-state index in [1.54, 1.807) is 0 Å². The van der Waals surface area contributed by atoms with Crippen molar-refractivity contribution in [1.82, 2.24) is 10.2 Å². The first-order chi connectivity index (χ1) is 10.9. The quantitative estimate of drug-likeness (QED) is 0.344. The van der Waals surface area contributed by atoms with Crippen LogP contribution in [-0.2, 0) is 0 Å². The van der Waals surface area contributed by atoms with Crippen LogP contribution in [-0.4, -0.2) is 29.3 Å². The van der Waals surface area contributed by atoms with E-state index < -0.39 is 0 Å². The molecule has 128 valence electrons. The Bertz CT molecular complexity index is 291. The van der Waals surface area contributed by atoms with E-state index in [0.717, 1.165) is 6.54 Å². The van der Waals surface area contributed by atoms with Gasteiger partial charge in [0, 0.05) is 18.9 Å². The van der Waals surface area contributed by atoms with E-state index in [-0.39, 0.29) is 6.61 Å². The molecule has 0 amide bonds. The normalized spacial score (nSPS) is 17.0. The van der Waals surface area contributed by atoms with Gasteiger partial charge in [0.1, 0.15) is 0 Å². The maximum atomic E-state index is 9.01. The van der Waals surface area contributed by atoms with Crippen molar-refractivity contribution in [3.8, 4) is 0 Å². The Hall–Kier alpha value is -0.960. The molecule has 0 radical (unpaired) electrons. The summed E-state index contributed by atoms with van der Waals surface area (Å²) in [6.07, 6.45) is 22.5. The monoisotopic (exact) mass is 308 g/mol. The lowest BCUT2D eigenvalue weighted by molar-refractivity contribution is 0.194. The van der Waals surface area contributed by atoms with Crippen LogP contribution in [0.5, 0.6) is 0 Å². The number of nitrogens with zero attached hydrogens (tertiary/aromatic N) is 1. The molecule has 1 aliphatic rings. The van der Waals surface area contributed by atoms with Crippen LogP contribution in [0.15, 0.2) is 25.1 Å². The highest BCUT2D eigenvalue weighted by Gasteiger charge is 2.16. The first-order valence-corrected chi connectivity index (χ1v) is 9.28. The molecular weight excluding hydrogens is 272 g/mol. The number of hydrogen-bond acceptors (Lipinski definition) is 3. The molecule has 0 aromatic carbocycles. The fraction of sp³-hybridized carbons (Fsp3) is 0.789. The third-order valence-corrected chi connectivity index (χ3v) is 4.45. The predicted octanol–water partition coefficient (Wildman–Crippen LogP) is 4.55. The van der Waals surface area contributed by atoms with Gasteiger partial charge >= 0.3 is 0 Å². The third kappa shape index (κ3) is 9.14. The number of rotatable bonds is 15. The van der Waals surface area contributed by atoms with E-state index in [0.29, 0.717) is 6.17 Å². The van der Waals surface area contributed by atoms with Gasteiger partial charge in [-0.25, -0.2) is 0 Å². The van der Waals surface area contributed by atoms with Crippen molar-refractivity contribution in [2.75, 3.05) is 13.2 Å². The molecule has 0 bridgehead atoms. The Morgan fingerprint density at radius 3 is 2.14 bits per heavy atom. The number of unbranched alkanes of at least 4 members (excludes halogenated alkanes) is 10. The van der Waals surface area contributed by atoms with Crippen LogP contribution in [0.3, 0.4) is 0 Å². The number of aliphatic hydroxyl groups is 1. The van der Waals surface area contributed by atoms with E-state index in [1.807, 2.05) is 12.3 Å². The summed E-state index contributed by atoms with van der Waals surface area (Å²) in [5.74, 6) is 0. The summed E-state index contributed by atoms with van der Waals surface area (Å²) in [6.45, 7) is 4.73. The molecule has 0 aliphatic carbocycles. The second-order valence-corrected chi connectivity index (χ2v) is 6.36. The number of β-amino-alcohol motifs (C(OH)–C–C–N with tert-alkyl or cyclic N) is 1. The zero-order valence-corrected chi connectivity index (χ0v) is 14.3. The van der Waals surface area contributed by atoms with Crippen molar-refractivity contribution in [2.45, 2.75) is 83.2 Å². The molecule has 22 heavy (non-hydrogen) atoms. The molecule has 1 aliphatic heterocycles. The van der Waals surface area contributed by atoms with E-state index in [9.17, 15) is 0 Å². The van der Waals surface area contributed by atoms with Crippen molar-refractivity contribution in [3.05, 3.63) is 25.1 Å². The SMILES string of the molecule is C=CCCCCCCCCCCCCC1NC=CN1CCO. The fourth-order valence-electron chi connectivity index (χ4n) is 3.09. The van der Waals surface area contributed by atoms with Gasteiger partial charge in [-0.2, -0.15) is 0 Å². The fourth-order valence-corrected chi connectivity index (χ4v) is 3.09. The minimum Gasteiger partial charge on any atom is -0.395 e. The molecule has 0 aromatic heterocycles. The lowest BCUT2D eigenvalue weighted by Gasteiger charge is -2.24. The van der Waals surface area contributed by atoms with Gasteiger partial charge in [-0.3, -0.25) is 0 Å².